The Bertz CT molecular complexity index is 371. The van der Waals surface area contributed by atoms with Gasteiger partial charge < -0.3 is 14.5 Å². The van der Waals surface area contributed by atoms with Crippen LogP contribution in [-0.2, 0) is 0 Å². The van der Waals surface area contributed by atoms with E-state index in [9.17, 15) is 4.79 Å². The second kappa shape index (κ2) is 4.65. The van der Waals surface area contributed by atoms with Crippen LogP contribution in [0.1, 0.15) is 35.4 Å². The molecule has 0 aromatic carbocycles. The Balaban J connectivity index is 2.13. The van der Waals surface area contributed by atoms with Gasteiger partial charge in [0.25, 0.3) is 5.91 Å². The Labute approximate surface area is 94.0 Å². The molecule has 1 amide bonds. The van der Waals surface area contributed by atoms with Gasteiger partial charge in [-0.3, -0.25) is 4.79 Å². The molecule has 0 spiro atoms. The lowest BCUT2D eigenvalue weighted by molar-refractivity contribution is 0.0524. The molecule has 2 rings (SSSR count). The number of aromatic nitrogens is 1. The van der Waals surface area contributed by atoms with Gasteiger partial charge in [-0.2, -0.15) is 0 Å². The van der Waals surface area contributed by atoms with E-state index in [0.29, 0.717) is 17.9 Å². The smallest absolute Gasteiger partial charge is 0.259 e. The fraction of sp³-hybridized carbons (Fsp3) is 0.636. The monoisotopic (exact) mass is 224 g/mol. The predicted octanol–water partition coefficient (Wildman–Crippen LogP) is 0.970. The Morgan fingerprint density at radius 2 is 2.44 bits per heavy atom. The molecule has 0 atom stereocenters. The molecule has 0 saturated heterocycles. The van der Waals surface area contributed by atoms with Crippen LogP contribution in [-0.4, -0.2) is 40.3 Å². The number of nitrogens with zero attached hydrogens (tertiary/aromatic N) is 2. The first-order valence-corrected chi connectivity index (χ1v) is 5.57. The van der Waals surface area contributed by atoms with E-state index < -0.39 is 0 Å². The first-order chi connectivity index (χ1) is 7.74. The van der Waals surface area contributed by atoms with Crippen LogP contribution in [0.5, 0.6) is 0 Å². The molecule has 0 radical (unpaired) electrons. The van der Waals surface area contributed by atoms with Crippen LogP contribution >= 0.6 is 0 Å². The van der Waals surface area contributed by atoms with Crippen molar-refractivity contribution in [3.8, 4) is 0 Å². The van der Waals surface area contributed by atoms with Crippen LogP contribution in [0.4, 0.5) is 0 Å². The number of aryl methyl sites for hydroxylation is 1. The number of hydrogen-bond donors (Lipinski definition) is 1. The van der Waals surface area contributed by atoms with Crippen molar-refractivity contribution in [2.75, 3.05) is 13.2 Å². The summed E-state index contributed by atoms with van der Waals surface area (Å²) in [6.45, 7) is 2.10. The molecule has 1 heterocycles. The molecule has 1 aliphatic rings. The molecule has 0 aliphatic heterocycles. The Morgan fingerprint density at radius 1 is 1.69 bits per heavy atom. The van der Waals surface area contributed by atoms with Gasteiger partial charge in [0, 0.05) is 12.6 Å². The molecule has 5 nitrogen and oxygen atoms in total. The maximum atomic E-state index is 12.2. The van der Waals surface area contributed by atoms with Crippen molar-refractivity contribution in [2.24, 2.45) is 0 Å². The van der Waals surface area contributed by atoms with Gasteiger partial charge in [0.1, 0.15) is 11.3 Å². The number of hydrogen-bond acceptors (Lipinski definition) is 4. The number of aliphatic hydroxyl groups is 1. The molecular formula is C11H16N2O3. The number of aliphatic hydroxyl groups excluding tert-OH is 1. The number of rotatable bonds is 4. The van der Waals surface area contributed by atoms with Crippen molar-refractivity contribution in [2.45, 2.75) is 32.2 Å². The number of carbonyl (C=O) groups is 1. The van der Waals surface area contributed by atoms with E-state index in [0.717, 1.165) is 19.3 Å². The first-order valence-electron chi connectivity index (χ1n) is 5.57. The molecule has 1 aromatic rings. The van der Waals surface area contributed by atoms with E-state index in [1.165, 1.54) is 6.20 Å². The molecular weight excluding hydrogens is 208 g/mol. The van der Waals surface area contributed by atoms with Crippen molar-refractivity contribution < 1.29 is 14.4 Å². The Kier molecular flexibility index (Phi) is 3.24. The molecule has 0 bridgehead atoms. The van der Waals surface area contributed by atoms with Gasteiger partial charge in [-0.1, -0.05) is 5.16 Å². The average molecular weight is 224 g/mol. The summed E-state index contributed by atoms with van der Waals surface area (Å²) < 4.78 is 4.89. The molecule has 1 aromatic heterocycles. The largest absolute Gasteiger partial charge is 0.395 e. The summed E-state index contributed by atoms with van der Waals surface area (Å²) in [6, 6.07) is 0.272. The Morgan fingerprint density at radius 3 is 2.88 bits per heavy atom. The molecule has 1 N–H and O–H groups in total. The zero-order valence-corrected chi connectivity index (χ0v) is 9.35. The van der Waals surface area contributed by atoms with Crippen LogP contribution in [0.2, 0.25) is 0 Å². The summed E-state index contributed by atoms with van der Waals surface area (Å²) in [7, 11) is 0. The van der Waals surface area contributed by atoms with Gasteiger partial charge in [-0.05, 0) is 26.2 Å². The standard InChI is InChI=1S/C11H16N2O3/c1-8-10(7-12-16-8)11(15)13(5-6-14)9-3-2-4-9/h7,9,14H,2-6H2,1H3. The predicted molar refractivity (Wildman–Crippen MR) is 57.0 cm³/mol. The van der Waals surface area contributed by atoms with Crippen LogP contribution in [0.15, 0.2) is 10.7 Å². The summed E-state index contributed by atoms with van der Waals surface area (Å²) in [4.78, 5) is 13.9. The lowest BCUT2D eigenvalue weighted by Gasteiger charge is -2.37. The lowest BCUT2D eigenvalue weighted by Crippen LogP contribution is -2.45. The van der Waals surface area contributed by atoms with E-state index in [4.69, 9.17) is 9.63 Å². The third-order valence-corrected chi connectivity index (χ3v) is 3.10. The summed E-state index contributed by atoms with van der Waals surface area (Å²) in [6.07, 6.45) is 4.65. The van der Waals surface area contributed by atoms with Gasteiger partial charge in [0.05, 0.1) is 12.8 Å². The highest BCUT2D eigenvalue weighted by Gasteiger charge is 2.30. The van der Waals surface area contributed by atoms with E-state index in [-0.39, 0.29) is 18.6 Å². The molecule has 1 fully saturated rings. The summed E-state index contributed by atoms with van der Waals surface area (Å²) in [5.74, 6) is 0.449. The van der Waals surface area contributed by atoms with E-state index in [1.807, 2.05) is 0 Å². The highest BCUT2D eigenvalue weighted by molar-refractivity contribution is 5.95. The topological polar surface area (TPSA) is 66.6 Å². The van der Waals surface area contributed by atoms with Crippen molar-refractivity contribution in [1.82, 2.24) is 10.1 Å². The minimum absolute atomic E-state index is 0.00737. The lowest BCUT2D eigenvalue weighted by atomic mass is 9.91. The average Bonchev–Trinajstić information content (AvgIpc) is 2.60. The van der Waals surface area contributed by atoms with Crippen molar-refractivity contribution >= 4 is 5.91 Å². The van der Waals surface area contributed by atoms with Gasteiger partial charge in [0.2, 0.25) is 0 Å². The number of amides is 1. The van der Waals surface area contributed by atoms with Crippen LogP contribution in [0.3, 0.4) is 0 Å². The van der Waals surface area contributed by atoms with Crippen LogP contribution in [0.25, 0.3) is 0 Å². The molecule has 1 aliphatic carbocycles. The molecule has 5 heteroatoms. The maximum absolute atomic E-state index is 12.2. The molecule has 88 valence electrons. The minimum Gasteiger partial charge on any atom is -0.395 e. The quantitative estimate of drug-likeness (QED) is 0.827. The molecule has 0 unspecified atom stereocenters. The normalized spacial score (nSPS) is 15.9. The zero-order valence-electron chi connectivity index (χ0n) is 9.35. The van der Waals surface area contributed by atoms with E-state index >= 15 is 0 Å². The highest BCUT2D eigenvalue weighted by Crippen LogP contribution is 2.26. The van der Waals surface area contributed by atoms with Gasteiger partial charge in [-0.25, -0.2) is 0 Å². The third kappa shape index (κ3) is 1.95. The third-order valence-electron chi connectivity index (χ3n) is 3.10. The minimum atomic E-state index is -0.0856. The fourth-order valence-corrected chi connectivity index (χ4v) is 1.91. The van der Waals surface area contributed by atoms with Crippen LogP contribution in [0, 0.1) is 6.92 Å². The van der Waals surface area contributed by atoms with Crippen LogP contribution < -0.4 is 0 Å². The number of carbonyl (C=O) groups excluding carboxylic acids is 1. The van der Waals surface area contributed by atoms with Crippen molar-refractivity contribution in [3.05, 3.63) is 17.5 Å². The maximum Gasteiger partial charge on any atom is 0.259 e. The molecule has 16 heavy (non-hydrogen) atoms. The SMILES string of the molecule is Cc1oncc1C(=O)N(CCO)C1CCC1. The Hall–Kier alpha value is -1.36. The second-order valence-corrected chi connectivity index (χ2v) is 4.10. The fourth-order valence-electron chi connectivity index (χ4n) is 1.91. The summed E-state index contributed by atoms with van der Waals surface area (Å²) in [5.41, 5.74) is 0.500. The van der Waals surface area contributed by atoms with Gasteiger partial charge in [-0.15, -0.1) is 0 Å². The zero-order chi connectivity index (χ0) is 11.5. The second-order valence-electron chi connectivity index (χ2n) is 4.10. The van der Waals surface area contributed by atoms with E-state index in [2.05, 4.69) is 5.16 Å². The summed E-state index contributed by atoms with van der Waals surface area (Å²) >= 11 is 0. The van der Waals surface area contributed by atoms with Crippen molar-refractivity contribution in [3.63, 3.8) is 0 Å². The summed E-state index contributed by atoms with van der Waals surface area (Å²) in [5, 5.41) is 12.6. The van der Waals surface area contributed by atoms with E-state index in [1.54, 1.807) is 11.8 Å². The van der Waals surface area contributed by atoms with Gasteiger partial charge >= 0.3 is 0 Å². The first kappa shape index (κ1) is 11.1. The van der Waals surface area contributed by atoms with Gasteiger partial charge in [0.15, 0.2) is 0 Å². The molecule has 1 saturated carbocycles. The van der Waals surface area contributed by atoms with Crippen molar-refractivity contribution in [1.29, 1.82) is 0 Å². The highest BCUT2D eigenvalue weighted by atomic mass is 16.5.